The van der Waals surface area contributed by atoms with Gasteiger partial charge in [0.2, 0.25) is 0 Å². The lowest BCUT2D eigenvalue weighted by atomic mass is 10.0. The number of rotatable bonds is 24. The molecule has 30 heavy (non-hydrogen) atoms. The number of aliphatic hydroxyl groups is 1. The van der Waals surface area contributed by atoms with Crippen LogP contribution >= 0.6 is 0 Å². The van der Waals surface area contributed by atoms with Crippen LogP contribution in [-0.4, -0.2) is 42.9 Å². The summed E-state index contributed by atoms with van der Waals surface area (Å²) in [6.45, 7) is 6.27. The third-order valence-electron chi connectivity index (χ3n) is 6.63. The van der Waals surface area contributed by atoms with Crippen molar-refractivity contribution >= 4 is 0 Å². The standard InChI is InChI=1S/C28H60NO/c1-5-6-7-8-9-10-11-12-13-14-15-16-17-18-19-20-21-22-23-24-25-26-29(3,4)27-28(2)30/h28,30H,5-27H2,1-4H3/q+1. The summed E-state index contributed by atoms with van der Waals surface area (Å²) in [5, 5.41) is 9.54. The van der Waals surface area contributed by atoms with E-state index in [4.69, 9.17) is 0 Å². The van der Waals surface area contributed by atoms with Crippen LogP contribution in [-0.2, 0) is 0 Å². The van der Waals surface area contributed by atoms with Gasteiger partial charge in [-0.3, -0.25) is 0 Å². The van der Waals surface area contributed by atoms with Gasteiger partial charge < -0.3 is 9.59 Å². The van der Waals surface area contributed by atoms with Gasteiger partial charge in [0.15, 0.2) is 0 Å². The molecule has 1 N–H and O–H groups in total. The Labute approximate surface area is 191 Å². The van der Waals surface area contributed by atoms with Crippen molar-refractivity contribution in [2.24, 2.45) is 0 Å². The Morgan fingerprint density at radius 1 is 0.500 bits per heavy atom. The maximum absolute atomic E-state index is 9.54. The molecular formula is C28H60NO+. The topological polar surface area (TPSA) is 20.2 Å². The predicted molar refractivity (Wildman–Crippen MR) is 136 cm³/mol. The van der Waals surface area contributed by atoms with Crippen LogP contribution < -0.4 is 0 Å². The van der Waals surface area contributed by atoms with E-state index in [0.29, 0.717) is 0 Å². The van der Waals surface area contributed by atoms with E-state index in [-0.39, 0.29) is 6.10 Å². The normalized spacial score (nSPS) is 13.1. The van der Waals surface area contributed by atoms with Gasteiger partial charge in [0.25, 0.3) is 0 Å². The third kappa shape index (κ3) is 24.2. The fraction of sp³-hybridized carbons (Fsp3) is 1.00. The summed E-state index contributed by atoms with van der Waals surface area (Å²) in [6, 6.07) is 0. The molecule has 1 atom stereocenters. The second kappa shape index (κ2) is 22.1. The van der Waals surface area contributed by atoms with E-state index in [1.165, 1.54) is 141 Å². The monoisotopic (exact) mass is 426 g/mol. The maximum atomic E-state index is 9.54. The molecule has 0 bridgehead atoms. The van der Waals surface area contributed by atoms with Gasteiger partial charge >= 0.3 is 0 Å². The summed E-state index contributed by atoms with van der Waals surface area (Å²) in [6.07, 6.45) is 30.1. The van der Waals surface area contributed by atoms with E-state index in [1.807, 2.05) is 6.92 Å². The van der Waals surface area contributed by atoms with Gasteiger partial charge in [0.05, 0.1) is 20.6 Å². The predicted octanol–water partition coefficient (Wildman–Crippen LogP) is 8.66. The zero-order chi connectivity index (χ0) is 22.3. The number of quaternary nitrogens is 1. The molecule has 0 aromatic heterocycles. The first-order chi connectivity index (χ1) is 14.5. The average molecular weight is 427 g/mol. The van der Waals surface area contributed by atoms with Crippen molar-refractivity contribution in [3.05, 3.63) is 0 Å². The van der Waals surface area contributed by atoms with Gasteiger partial charge in [-0.2, -0.15) is 0 Å². The summed E-state index contributed by atoms with van der Waals surface area (Å²) in [5.74, 6) is 0. The SMILES string of the molecule is CCCCCCCCCCCCCCCCCCCCCCC[N+](C)(C)CC(C)O. The van der Waals surface area contributed by atoms with E-state index in [2.05, 4.69) is 21.0 Å². The molecule has 0 heterocycles. The molecule has 0 aliphatic heterocycles. The van der Waals surface area contributed by atoms with Crippen LogP contribution in [0.2, 0.25) is 0 Å². The van der Waals surface area contributed by atoms with Crippen LogP contribution in [0.15, 0.2) is 0 Å². The average Bonchev–Trinajstić information content (AvgIpc) is 2.68. The molecule has 2 heteroatoms. The van der Waals surface area contributed by atoms with Gasteiger partial charge in [-0.15, -0.1) is 0 Å². The van der Waals surface area contributed by atoms with Crippen LogP contribution in [0.1, 0.15) is 149 Å². The van der Waals surface area contributed by atoms with E-state index in [9.17, 15) is 5.11 Å². The quantitative estimate of drug-likeness (QED) is 0.121. The van der Waals surface area contributed by atoms with Crippen LogP contribution in [0, 0.1) is 0 Å². The first-order valence-electron chi connectivity index (χ1n) is 14.0. The van der Waals surface area contributed by atoms with Crippen molar-refractivity contribution in [2.45, 2.75) is 155 Å². The van der Waals surface area contributed by atoms with E-state index in [0.717, 1.165) is 11.0 Å². The highest BCUT2D eigenvalue weighted by atomic mass is 16.3. The minimum atomic E-state index is -0.185. The Kier molecular flexibility index (Phi) is 22.1. The zero-order valence-corrected chi connectivity index (χ0v) is 21.7. The lowest BCUT2D eigenvalue weighted by Crippen LogP contribution is -2.45. The first kappa shape index (κ1) is 29.9. The number of nitrogens with zero attached hydrogens (tertiary/aromatic N) is 1. The Hall–Kier alpha value is -0.0800. The molecule has 0 fully saturated rings. The maximum Gasteiger partial charge on any atom is 0.104 e. The van der Waals surface area contributed by atoms with Crippen molar-refractivity contribution < 1.29 is 9.59 Å². The van der Waals surface area contributed by atoms with Gasteiger partial charge in [-0.1, -0.05) is 129 Å². The van der Waals surface area contributed by atoms with E-state index < -0.39 is 0 Å². The van der Waals surface area contributed by atoms with Crippen molar-refractivity contribution in [3.63, 3.8) is 0 Å². The van der Waals surface area contributed by atoms with Gasteiger partial charge in [0, 0.05) is 0 Å². The molecule has 182 valence electrons. The summed E-state index contributed by atoms with van der Waals surface area (Å²) in [7, 11) is 4.48. The molecule has 0 aromatic carbocycles. The highest BCUT2D eigenvalue weighted by molar-refractivity contribution is 4.51. The van der Waals surface area contributed by atoms with Gasteiger partial charge in [0.1, 0.15) is 12.6 Å². The van der Waals surface area contributed by atoms with Crippen molar-refractivity contribution in [1.29, 1.82) is 0 Å². The molecule has 0 aliphatic carbocycles. The number of likely N-dealkylation sites (N-methyl/N-ethyl adjacent to an activating group) is 1. The van der Waals surface area contributed by atoms with Crippen LogP contribution in [0.5, 0.6) is 0 Å². The molecule has 0 aliphatic rings. The summed E-state index contributed by atoms with van der Waals surface area (Å²) in [5.41, 5.74) is 0. The Morgan fingerprint density at radius 3 is 1.03 bits per heavy atom. The summed E-state index contributed by atoms with van der Waals surface area (Å²) < 4.78 is 0.955. The van der Waals surface area contributed by atoms with Crippen LogP contribution in [0.25, 0.3) is 0 Å². The zero-order valence-electron chi connectivity index (χ0n) is 21.7. The molecule has 0 saturated heterocycles. The third-order valence-corrected chi connectivity index (χ3v) is 6.63. The number of hydrogen-bond acceptors (Lipinski definition) is 1. The minimum absolute atomic E-state index is 0.185. The van der Waals surface area contributed by atoms with Crippen molar-refractivity contribution in [1.82, 2.24) is 0 Å². The molecule has 0 aromatic rings. The molecule has 1 unspecified atom stereocenters. The lowest BCUT2D eigenvalue weighted by molar-refractivity contribution is -0.893. The molecule has 2 nitrogen and oxygen atoms in total. The second-order valence-corrected chi connectivity index (χ2v) is 10.8. The van der Waals surface area contributed by atoms with Crippen LogP contribution in [0.4, 0.5) is 0 Å². The molecule has 0 rings (SSSR count). The highest BCUT2D eigenvalue weighted by Crippen LogP contribution is 2.15. The summed E-state index contributed by atoms with van der Waals surface area (Å²) >= 11 is 0. The Bertz CT molecular complexity index is 327. The van der Waals surface area contributed by atoms with Crippen molar-refractivity contribution in [3.8, 4) is 0 Å². The second-order valence-electron chi connectivity index (χ2n) is 10.8. The highest BCUT2D eigenvalue weighted by Gasteiger charge is 2.16. The van der Waals surface area contributed by atoms with Crippen LogP contribution in [0.3, 0.4) is 0 Å². The smallest absolute Gasteiger partial charge is 0.104 e. The fourth-order valence-electron chi connectivity index (χ4n) is 4.78. The van der Waals surface area contributed by atoms with E-state index in [1.54, 1.807) is 0 Å². The molecule has 0 radical (unpaired) electrons. The number of unbranched alkanes of at least 4 members (excludes halogenated alkanes) is 20. The lowest BCUT2D eigenvalue weighted by Gasteiger charge is -2.31. The number of hydrogen-bond donors (Lipinski definition) is 1. The first-order valence-corrected chi connectivity index (χ1v) is 14.0. The fourth-order valence-corrected chi connectivity index (χ4v) is 4.78. The number of aliphatic hydroxyl groups excluding tert-OH is 1. The molecule has 0 spiro atoms. The minimum Gasteiger partial charge on any atom is -0.388 e. The van der Waals surface area contributed by atoms with Gasteiger partial charge in [-0.05, 0) is 19.8 Å². The Morgan fingerprint density at radius 2 is 0.767 bits per heavy atom. The van der Waals surface area contributed by atoms with E-state index >= 15 is 0 Å². The molecule has 0 amide bonds. The van der Waals surface area contributed by atoms with Crippen molar-refractivity contribution in [2.75, 3.05) is 27.2 Å². The van der Waals surface area contributed by atoms with Gasteiger partial charge in [-0.25, -0.2) is 0 Å². The summed E-state index contributed by atoms with van der Waals surface area (Å²) in [4.78, 5) is 0. The largest absolute Gasteiger partial charge is 0.388 e. The Balaban J connectivity index is 3.13. The molecule has 0 saturated carbocycles. The molecular weight excluding hydrogens is 366 g/mol.